The van der Waals surface area contributed by atoms with Gasteiger partial charge in [-0.15, -0.1) is 0 Å². The van der Waals surface area contributed by atoms with Crippen LogP contribution >= 0.6 is 47.8 Å². The molecule has 0 aliphatic heterocycles. The molecular weight excluding hydrogens is 390 g/mol. The Morgan fingerprint density at radius 1 is 1.13 bits per heavy atom. The van der Waals surface area contributed by atoms with E-state index < -0.39 is 0 Å². The molecular formula is C10H6Br3NO. The van der Waals surface area contributed by atoms with Crippen LogP contribution in [0.5, 0.6) is 0 Å². The van der Waals surface area contributed by atoms with Gasteiger partial charge in [-0.1, -0.05) is 27.2 Å². The van der Waals surface area contributed by atoms with E-state index in [0.29, 0.717) is 5.33 Å². The van der Waals surface area contributed by atoms with Crippen LogP contribution in [0.1, 0.15) is 5.76 Å². The third-order valence-corrected chi connectivity index (χ3v) is 4.34. The number of hydrogen-bond donors (Lipinski definition) is 0. The minimum absolute atomic E-state index is 0.678. The number of halogens is 3. The fourth-order valence-electron chi connectivity index (χ4n) is 1.17. The van der Waals surface area contributed by atoms with Gasteiger partial charge < -0.3 is 4.52 Å². The molecule has 5 heteroatoms. The highest BCUT2D eigenvalue weighted by Gasteiger charge is 2.07. The molecule has 0 atom stereocenters. The number of rotatable bonds is 2. The minimum Gasteiger partial charge on any atom is -0.360 e. The fourth-order valence-corrected chi connectivity index (χ4v) is 2.06. The van der Waals surface area contributed by atoms with E-state index in [9.17, 15) is 0 Å². The lowest BCUT2D eigenvalue weighted by Crippen LogP contribution is -1.77. The lowest BCUT2D eigenvalue weighted by molar-refractivity contribution is 0.398. The Morgan fingerprint density at radius 2 is 1.93 bits per heavy atom. The Bertz CT molecular complexity index is 481. The third kappa shape index (κ3) is 2.52. The smallest absolute Gasteiger partial charge is 0.147 e. The van der Waals surface area contributed by atoms with E-state index >= 15 is 0 Å². The Morgan fingerprint density at radius 3 is 2.53 bits per heavy atom. The molecule has 1 heterocycles. The predicted octanol–water partition coefficient (Wildman–Crippen LogP) is 4.76. The van der Waals surface area contributed by atoms with Gasteiger partial charge in [0, 0.05) is 20.6 Å². The standard InChI is InChI=1S/C10H6Br3NO/c11-5-7-4-10(14-15-7)6-1-2-8(12)9(13)3-6/h1-4H,5H2. The second-order valence-electron chi connectivity index (χ2n) is 2.94. The zero-order valence-corrected chi connectivity index (χ0v) is 12.3. The highest BCUT2D eigenvalue weighted by Crippen LogP contribution is 2.29. The van der Waals surface area contributed by atoms with E-state index in [2.05, 4.69) is 52.9 Å². The second kappa shape index (κ2) is 4.80. The summed E-state index contributed by atoms with van der Waals surface area (Å²) >= 11 is 10.2. The van der Waals surface area contributed by atoms with Crippen molar-refractivity contribution in [1.82, 2.24) is 5.16 Å². The van der Waals surface area contributed by atoms with Gasteiger partial charge in [-0.2, -0.15) is 0 Å². The maximum absolute atomic E-state index is 5.11. The lowest BCUT2D eigenvalue weighted by atomic mass is 10.1. The Kier molecular flexibility index (Phi) is 3.64. The first-order valence-corrected chi connectivity index (χ1v) is 6.88. The van der Waals surface area contributed by atoms with Gasteiger partial charge in [-0.25, -0.2) is 0 Å². The average Bonchev–Trinajstić information content (AvgIpc) is 2.70. The van der Waals surface area contributed by atoms with Crippen molar-refractivity contribution in [1.29, 1.82) is 0 Å². The molecule has 2 aromatic rings. The van der Waals surface area contributed by atoms with Crippen molar-refractivity contribution >= 4 is 47.8 Å². The molecule has 0 saturated carbocycles. The van der Waals surface area contributed by atoms with E-state index in [1.54, 1.807) is 0 Å². The molecule has 0 bridgehead atoms. The molecule has 0 amide bonds. The zero-order chi connectivity index (χ0) is 10.8. The normalized spacial score (nSPS) is 10.6. The van der Waals surface area contributed by atoms with Crippen molar-refractivity contribution in [3.63, 3.8) is 0 Å². The molecule has 0 aliphatic carbocycles. The Labute approximate surface area is 112 Å². The number of hydrogen-bond acceptors (Lipinski definition) is 2. The molecule has 1 aromatic carbocycles. The summed E-state index contributed by atoms with van der Waals surface area (Å²) in [6.07, 6.45) is 0. The van der Waals surface area contributed by atoms with E-state index in [0.717, 1.165) is 26.0 Å². The van der Waals surface area contributed by atoms with Crippen LogP contribution in [0.25, 0.3) is 11.3 Å². The maximum atomic E-state index is 5.11. The minimum atomic E-state index is 0.678. The number of aromatic nitrogens is 1. The van der Waals surface area contributed by atoms with Crippen LogP contribution in [0.3, 0.4) is 0 Å². The first-order valence-electron chi connectivity index (χ1n) is 4.17. The number of nitrogens with zero attached hydrogens (tertiary/aromatic N) is 1. The second-order valence-corrected chi connectivity index (χ2v) is 5.21. The monoisotopic (exact) mass is 393 g/mol. The van der Waals surface area contributed by atoms with Gasteiger partial charge in [-0.3, -0.25) is 0 Å². The molecule has 78 valence electrons. The summed E-state index contributed by atoms with van der Waals surface area (Å²) in [5.41, 5.74) is 1.87. The third-order valence-electron chi connectivity index (χ3n) is 1.91. The average molecular weight is 396 g/mol. The van der Waals surface area contributed by atoms with Crippen molar-refractivity contribution in [2.24, 2.45) is 0 Å². The Hall–Kier alpha value is -0.130. The zero-order valence-electron chi connectivity index (χ0n) is 7.51. The summed E-state index contributed by atoms with van der Waals surface area (Å²) in [6.45, 7) is 0. The van der Waals surface area contributed by atoms with Crippen molar-refractivity contribution in [3.05, 3.63) is 39.0 Å². The maximum Gasteiger partial charge on any atom is 0.147 e. The molecule has 2 rings (SSSR count). The van der Waals surface area contributed by atoms with Crippen LogP contribution in [0.15, 0.2) is 37.7 Å². The molecule has 15 heavy (non-hydrogen) atoms. The van der Waals surface area contributed by atoms with Crippen molar-refractivity contribution in [2.75, 3.05) is 0 Å². The van der Waals surface area contributed by atoms with Gasteiger partial charge >= 0.3 is 0 Å². The van der Waals surface area contributed by atoms with Crippen molar-refractivity contribution < 1.29 is 4.52 Å². The number of alkyl halides is 1. The molecule has 2 nitrogen and oxygen atoms in total. The molecule has 0 radical (unpaired) electrons. The predicted molar refractivity (Wildman–Crippen MR) is 70.0 cm³/mol. The van der Waals surface area contributed by atoms with Crippen LogP contribution in [0.4, 0.5) is 0 Å². The summed E-state index contributed by atoms with van der Waals surface area (Å²) in [5, 5.41) is 4.67. The van der Waals surface area contributed by atoms with Crippen LogP contribution in [0.2, 0.25) is 0 Å². The van der Waals surface area contributed by atoms with E-state index in [1.165, 1.54) is 0 Å². The fraction of sp³-hybridized carbons (Fsp3) is 0.100. The van der Waals surface area contributed by atoms with Gasteiger partial charge in [0.2, 0.25) is 0 Å². The first kappa shape index (κ1) is 11.4. The quantitative estimate of drug-likeness (QED) is 0.685. The molecule has 0 fully saturated rings. The highest BCUT2D eigenvalue weighted by atomic mass is 79.9. The molecule has 1 aromatic heterocycles. The van der Waals surface area contributed by atoms with E-state index in [4.69, 9.17) is 4.52 Å². The summed E-state index contributed by atoms with van der Waals surface area (Å²) in [4.78, 5) is 0. The number of benzene rings is 1. The van der Waals surface area contributed by atoms with E-state index in [1.807, 2.05) is 24.3 Å². The summed E-state index contributed by atoms with van der Waals surface area (Å²) in [6, 6.07) is 7.89. The molecule has 0 saturated heterocycles. The first-order chi connectivity index (χ1) is 7.20. The summed E-state index contributed by atoms with van der Waals surface area (Å²) < 4.78 is 7.14. The van der Waals surface area contributed by atoms with Gasteiger partial charge in [0.25, 0.3) is 0 Å². The molecule has 0 N–H and O–H groups in total. The van der Waals surface area contributed by atoms with Crippen molar-refractivity contribution in [3.8, 4) is 11.3 Å². The Balaban J connectivity index is 2.40. The highest BCUT2D eigenvalue weighted by molar-refractivity contribution is 9.13. The van der Waals surface area contributed by atoms with Gasteiger partial charge in [0.1, 0.15) is 11.5 Å². The molecule has 0 aliphatic rings. The van der Waals surface area contributed by atoms with Gasteiger partial charge in [-0.05, 0) is 44.0 Å². The molecule has 0 spiro atoms. The van der Waals surface area contributed by atoms with Crippen LogP contribution in [-0.2, 0) is 5.33 Å². The lowest BCUT2D eigenvalue weighted by Gasteiger charge is -1.98. The summed E-state index contributed by atoms with van der Waals surface area (Å²) in [7, 11) is 0. The SMILES string of the molecule is BrCc1cc(-c2ccc(Br)c(Br)c2)no1. The van der Waals surface area contributed by atoms with Crippen LogP contribution in [-0.4, -0.2) is 5.16 Å². The van der Waals surface area contributed by atoms with Crippen molar-refractivity contribution in [2.45, 2.75) is 5.33 Å². The molecule has 0 unspecified atom stereocenters. The van der Waals surface area contributed by atoms with Crippen LogP contribution < -0.4 is 0 Å². The van der Waals surface area contributed by atoms with Gasteiger partial charge in [0.05, 0.1) is 5.33 Å². The topological polar surface area (TPSA) is 26.0 Å². The largest absolute Gasteiger partial charge is 0.360 e. The van der Waals surface area contributed by atoms with E-state index in [-0.39, 0.29) is 0 Å². The summed E-state index contributed by atoms with van der Waals surface area (Å²) in [5.74, 6) is 0.823. The van der Waals surface area contributed by atoms with Gasteiger partial charge in [0.15, 0.2) is 0 Å². The van der Waals surface area contributed by atoms with Crippen LogP contribution in [0, 0.1) is 0 Å².